The highest BCUT2D eigenvalue weighted by Crippen LogP contribution is 2.20. The molecule has 6 heteroatoms. The number of para-hydroxylation sites is 2. The molecule has 112 valence electrons. The lowest BCUT2D eigenvalue weighted by Gasteiger charge is -2.10. The molecule has 0 aliphatic rings. The van der Waals surface area contributed by atoms with Crippen LogP contribution >= 0.6 is 0 Å². The van der Waals surface area contributed by atoms with Crippen molar-refractivity contribution in [1.29, 1.82) is 0 Å². The van der Waals surface area contributed by atoms with E-state index in [4.69, 9.17) is 5.73 Å². The Balaban J connectivity index is 2.08. The highest BCUT2D eigenvalue weighted by molar-refractivity contribution is 5.76. The van der Waals surface area contributed by atoms with Gasteiger partial charge in [-0.1, -0.05) is 36.4 Å². The summed E-state index contributed by atoms with van der Waals surface area (Å²) in [5.41, 5.74) is 8.11. The second kappa shape index (κ2) is 5.10. The SMILES string of the molecule is Nc1nc(=O)c2c(ncn2-c2ccccc2)n1-c1ccccc1. The molecule has 0 bridgehead atoms. The lowest BCUT2D eigenvalue weighted by atomic mass is 10.3. The monoisotopic (exact) mass is 303 g/mol. The van der Waals surface area contributed by atoms with Gasteiger partial charge in [-0.2, -0.15) is 4.98 Å². The maximum Gasteiger partial charge on any atom is 0.301 e. The first-order valence-corrected chi connectivity index (χ1v) is 7.12. The van der Waals surface area contributed by atoms with Gasteiger partial charge in [-0.3, -0.25) is 13.9 Å². The predicted molar refractivity (Wildman–Crippen MR) is 88.9 cm³/mol. The van der Waals surface area contributed by atoms with Crippen LogP contribution in [0.4, 0.5) is 5.95 Å². The first-order chi connectivity index (χ1) is 11.3. The second-order valence-corrected chi connectivity index (χ2v) is 5.07. The fourth-order valence-electron chi connectivity index (χ4n) is 2.63. The Morgan fingerprint density at radius 3 is 2.13 bits per heavy atom. The summed E-state index contributed by atoms with van der Waals surface area (Å²) in [6.07, 6.45) is 1.61. The minimum Gasteiger partial charge on any atom is -0.369 e. The van der Waals surface area contributed by atoms with E-state index in [-0.39, 0.29) is 5.95 Å². The normalized spacial score (nSPS) is 11.0. The maximum atomic E-state index is 12.4. The fourth-order valence-corrected chi connectivity index (χ4v) is 2.63. The maximum absolute atomic E-state index is 12.4. The van der Waals surface area contributed by atoms with Crippen LogP contribution in [0.15, 0.2) is 71.8 Å². The summed E-state index contributed by atoms with van der Waals surface area (Å²) in [5, 5.41) is 0. The number of nitrogens with two attached hydrogens (primary N) is 1. The third-order valence-corrected chi connectivity index (χ3v) is 3.66. The van der Waals surface area contributed by atoms with E-state index in [9.17, 15) is 4.79 Å². The Morgan fingerprint density at radius 1 is 0.870 bits per heavy atom. The molecule has 0 spiro atoms. The van der Waals surface area contributed by atoms with Gasteiger partial charge in [0.25, 0.3) is 0 Å². The summed E-state index contributed by atoms with van der Waals surface area (Å²) in [6, 6.07) is 19.0. The quantitative estimate of drug-likeness (QED) is 0.615. The molecule has 0 aliphatic heterocycles. The molecule has 2 aromatic heterocycles. The van der Waals surface area contributed by atoms with Gasteiger partial charge in [0.15, 0.2) is 11.2 Å². The minimum atomic E-state index is -0.397. The summed E-state index contributed by atoms with van der Waals surface area (Å²) >= 11 is 0. The van der Waals surface area contributed by atoms with Crippen molar-refractivity contribution >= 4 is 17.1 Å². The first-order valence-electron chi connectivity index (χ1n) is 7.12. The van der Waals surface area contributed by atoms with E-state index in [0.29, 0.717) is 11.2 Å². The number of hydrogen-bond donors (Lipinski definition) is 1. The lowest BCUT2D eigenvalue weighted by Crippen LogP contribution is -2.18. The van der Waals surface area contributed by atoms with Crippen LogP contribution in [-0.2, 0) is 0 Å². The van der Waals surface area contributed by atoms with Crippen LogP contribution in [0.1, 0.15) is 0 Å². The summed E-state index contributed by atoms with van der Waals surface area (Å²) in [5.74, 6) is 0.118. The van der Waals surface area contributed by atoms with Crippen molar-refractivity contribution in [3.63, 3.8) is 0 Å². The number of aromatic nitrogens is 4. The lowest BCUT2D eigenvalue weighted by molar-refractivity contribution is 1.02. The second-order valence-electron chi connectivity index (χ2n) is 5.07. The van der Waals surface area contributed by atoms with Gasteiger partial charge < -0.3 is 5.73 Å². The standard InChI is InChI=1S/C17H13N5O/c18-17-20-16(23)14-15(22(17)13-9-5-2-6-10-13)19-11-21(14)12-7-3-1-4-8-12/h1-11H,(H2,18,20,23). The van der Waals surface area contributed by atoms with Crippen LogP contribution in [0.25, 0.3) is 22.5 Å². The average molecular weight is 303 g/mol. The van der Waals surface area contributed by atoms with Crippen molar-refractivity contribution in [2.24, 2.45) is 0 Å². The molecule has 23 heavy (non-hydrogen) atoms. The van der Waals surface area contributed by atoms with Gasteiger partial charge in [0.05, 0.1) is 5.69 Å². The largest absolute Gasteiger partial charge is 0.369 e. The van der Waals surface area contributed by atoms with Crippen LogP contribution in [0.2, 0.25) is 0 Å². The van der Waals surface area contributed by atoms with Crippen LogP contribution in [0, 0.1) is 0 Å². The molecule has 4 rings (SSSR count). The zero-order valence-corrected chi connectivity index (χ0v) is 12.1. The topological polar surface area (TPSA) is 78.7 Å². The minimum absolute atomic E-state index is 0.118. The molecule has 2 N–H and O–H groups in total. The van der Waals surface area contributed by atoms with E-state index in [2.05, 4.69) is 9.97 Å². The van der Waals surface area contributed by atoms with Crippen molar-refractivity contribution in [2.75, 3.05) is 5.73 Å². The fraction of sp³-hybridized carbons (Fsp3) is 0. The van der Waals surface area contributed by atoms with Crippen molar-refractivity contribution in [3.05, 3.63) is 77.3 Å². The number of benzene rings is 2. The van der Waals surface area contributed by atoms with Crippen LogP contribution in [0.3, 0.4) is 0 Å². The molecule has 0 saturated heterocycles. The molecular weight excluding hydrogens is 290 g/mol. The molecule has 0 unspecified atom stereocenters. The Morgan fingerprint density at radius 2 is 1.48 bits per heavy atom. The van der Waals surface area contributed by atoms with Gasteiger partial charge in [0.2, 0.25) is 5.95 Å². The average Bonchev–Trinajstić information content (AvgIpc) is 3.02. The third kappa shape index (κ3) is 2.08. The van der Waals surface area contributed by atoms with Gasteiger partial charge in [0.1, 0.15) is 6.33 Å². The predicted octanol–water partition coefficient (Wildman–Crippen LogP) is 2.15. The number of fused-ring (bicyclic) bond motifs is 1. The van der Waals surface area contributed by atoms with Gasteiger partial charge >= 0.3 is 5.56 Å². The number of imidazole rings is 1. The molecular formula is C17H13N5O. The zero-order valence-electron chi connectivity index (χ0n) is 12.1. The summed E-state index contributed by atoms with van der Waals surface area (Å²) in [6.45, 7) is 0. The molecule has 4 aromatic rings. The van der Waals surface area contributed by atoms with Gasteiger partial charge in [0, 0.05) is 5.69 Å². The number of nitrogens with zero attached hydrogens (tertiary/aromatic N) is 4. The van der Waals surface area contributed by atoms with E-state index in [1.807, 2.05) is 60.7 Å². The molecule has 0 saturated carbocycles. The molecule has 0 amide bonds. The smallest absolute Gasteiger partial charge is 0.301 e. The molecule has 2 aromatic carbocycles. The van der Waals surface area contributed by atoms with Crippen molar-refractivity contribution < 1.29 is 0 Å². The Labute approximate surface area is 131 Å². The number of rotatable bonds is 2. The van der Waals surface area contributed by atoms with E-state index in [0.717, 1.165) is 11.4 Å². The van der Waals surface area contributed by atoms with E-state index >= 15 is 0 Å². The summed E-state index contributed by atoms with van der Waals surface area (Å²) in [4.78, 5) is 20.7. The third-order valence-electron chi connectivity index (χ3n) is 3.66. The summed E-state index contributed by atoms with van der Waals surface area (Å²) < 4.78 is 3.40. The Hall–Kier alpha value is -3.41. The van der Waals surface area contributed by atoms with Crippen molar-refractivity contribution in [1.82, 2.24) is 19.1 Å². The molecule has 0 atom stereocenters. The van der Waals surface area contributed by atoms with E-state index in [1.165, 1.54) is 0 Å². The van der Waals surface area contributed by atoms with Crippen molar-refractivity contribution in [2.45, 2.75) is 0 Å². The highest BCUT2D eigenvalue weighted by atomic mass is 16.1. The summed E-state index contributed by atoms with van der Waals surface area (Å²) in [7, 11) is 0. The van der Waals surface area contributed by atoms with E-state index < -0.39 is 5.56 Å². The van der Waals surface area contributed by atoms with Gasteiger partial charge in [-0.15, -0.1) is 0 Å². The molecule has 2 heterocycles. The van der Waals surface area contributed by atoms with Gasteiger partial charge in [-0.05, 0) is 24.3 Å². The molecule has 0 fully saturated rings. The first kappa shape index (κ1) is 13.3. The molecule has 0 aliphatic carbocycles. The van der Waals surface area contributed by atoms with Gasteiger partial charge in [-0.25, -0.2) is 4.98 Å². The van der Waals surface area contributed by atoms with E-state index in [1.54, 1.807) is 15.5 Å². The highest BCUT2D eigenvalue weighted by Gasteiger charge is 2.16. The zero-order chi connectivity index (χ0) is 15.8. The van der Waals surface area contributed by atoms with Crippen LogP contribution < -0.4 is 11.3 Å². The Kier molecular flexibility index (Phi) is 2.94. The molecule has 6 nitrogen and oxygen atoms in total. The van der Waals surface area contributed by atoms with Crippen LogP contribution in [0.5, 0.6) is 0 Å². The van der Waals surface area contributed by atoms with Crippen LogP contribution in [-0.4, -0.2) is 19.1 Å². The number of nitrogen functional groups attached to an aromatic ring is 1. The molecule has 0 radical (unpaired) electrons. The Bertz CT molecular complexity index is 1040. The van der Waals surface area contributed by atoms with Crippen molar-refractivity contribution in [3.8, 4) is 11.4 Å². The number of anilines is 1. The number of hydrogen-bond acceptors (Lipinski definition) is 4.